The van der Waals surface area contributed by atoms with Gasteiger partial charge in [0, 0.05) is 5.75 Å². The molecule has 7 heteroatoms. The first kappa shape index (κ1) is 18.3. The van der Waals surface area contributed by atoms with Crippen LogP contribution in [0.25, 0.3) is 11.4 Å². The first-order valence-electron chi connectivity index (χ1n) is 8.42. The van der Waals surface area contributed by atoms with Crippen molar-refractivity contribution in [3.63, 3.8) is 0 Å². The summed E-state index contributed by atoms with van der Waals surface area (Å²) >= 11 is 1.45. The second kappa shape index (κ2) is 9.24. The van der Waals surface area contributed by atoms with Crippen molar-refractivity contribution in [1.82, 2.24) is 15.2 Å². The third-order valence-corrected chi connectivity index (χ3v) is 4.29. The van der Waals surface area contributed by atoms with Crippen LogP contribution in [0.5, 0.6) is 11.5 Å². The van der Waals surface area contributed by atoms with Gasteiger partial charge in [-0.15, -0.1) is 5.10 Å². The van der Waals surface area contributed by atoms with Crippen LogP contribution in [0.1, 0.15) is 13.3 Å². The molecule has 0 aliphatic rings. The predicted molar refractivity (Wildman–Crippen MR) is 100 cm³/mol. The number of aromatic nitrogens is 3. The van der Waals surface area contributed by atoms with E-state index in [9.17, 15) is 4.39 Å². The molecule has 26 heavy (non-hydrogen) atoms. The SMILES string of the molecule is CCCOc1ccc(OCCSc2n[nH]c(-c3ccccc3F)n2)cc1. The molecular formula is C19H20FN3O2S. The minimum Gasteiger partial charge on any atom is -0.494 e. The molecule has 0 saturated heterocycles. The first-order valence-corrected chi connectivity index (χ1v) is 9.40. The number of rotatable bonds is 9. The van der Waals surface area contributed by atoms with E-state index in [1.165, 1.54) is 17.8 Å². The van der Waals surface area contributed by atoms with Crippen LogP contribution < -0.4 is 9.47 Å². The first-order chi connectivity index (χ1) is 12.8. The fourth-order valence-corrected chi connectivity index (χ4v) is 2.84. The van der Waals surface area contributed by atoms with E-state index >= 15 is 0 Å². The fourth-order valence-electron chi connectivity index (χ4n) is 2.23. The van der Waals surface area contributed by atoms with Crippen LogP contribution in [0, 0.1) is 5.82 Å². The van der Waals surface area contributed by atoms with Gasteiger partial charge in [0.1, 0.15) is 17.3 Å². The molecule has 0 bridgehead atoms. The minimum absolute atomic E-state index is 0.324. The second-order valence-electron chi connectivity index (χ2n) is 5.46. The van der Waals surface area contributed by atoms with E-state index in [4.69, 9.17) is 9.47 Å². The molecular weight excluding hydrogens is 353 g/mol. The number of nitrogens with one attached hydrogen (secondary N) is 1. The predicted octanol–water partition coefficient (Wildman–Crippen LogP) is 4.57. The van der Waals surface area contributed by atoms with Crippen molar-refractivity contribution in [2.75, 3.05) is 19.0 Å². The van der Waals surface area contributed by atoms with Gasteiger partial charge in [0.05, 0.1) is 18.8 Å². The standard InChI is InChI=1S/C19H20FN3O2S/c1-2-11-24-14-7-9-15(10-8-14)25-12-13-26-19-21-18(22-23-19)16-5-3-4-6-17(16)20/h3-10H,2,11-13H2,1H3,(H,21,22,23). The van der Waals surface area contributed by atoms with E-state index in [0.717, 1.165) is 17.9 Å². The van der Waals surface area contributed by atoms with Gasteiger partial charge >= 0.3 is 0 Å². The zero-order chi connectivity index (χ0) is 18.2. The summed E-state index contributed by atoms with van der Waals surface area (Å²) in [6.45, 7) is 3.30. The van der Waals surface area contributed by atoms with Crippen molar-refractivity contribution in [2.24, 2.45) is 0 Å². The molecule has 3 rings (SSSR count). The van der Waals surface area contributed by atoms with Gasteiger partial charge in [-0.2, -0.15) is 0 Å². The molecule has 3 aromatic rings. The lowest BCUT2D eigenvalue weighted by Crippen LogP contribution is -2.00. The summed E-state index contributed by atoms with van der Waals surface area (Å²) in [5, 5.41) is 7.44. The van der Waals surface area contributed by atoms with E-state index in [-0.39, 0.29) is 5.82 Å². The van der Waals surface area contributed by atoms with E-state index in [1.54, 1.807) is 18.2 Å². The lowest BCUT2D eigenvalue weighted by molar-refractivity contribution is 0.314. The molecule has 0 unspecified atom stereocenters. The highest BCUT2D eigenvalue weighted by Gasteiger charge is 2.10. The molecule has 1 heterocycles. The van der Waals surface area contributed by atoms with Gasteiger partial charge in [-0.3, -0.25) is 5.10 Å². The summed E-state index contributed by atoms with van der Waals surface area (Å²) in [6.07, 6.45) is 0.981. The maximum atomic E-state index is 13.8. The number of hydrogen-bond acceptors (Lipinski definition) is 5. The highest BCUT2D eigenvalue weighted by Crippen LogP contribution is 2.22. The highest BCUT2D eigenvalue weighted by molar-refractivity contribution is 7.99. The largest absolute Gasteiger partial charge is 0.494 e. The van der Waals surface area contributed by atoms with Gasteiger partial charge in [0.15, 0.2) is 5.82 Å². The molecule has 0 saturated carbocycles. The Kier molecular flexibility index (Phi) is 6.49. The Morgan fingerprint density at radius 2 is 1.69 bits per heavy atom. The van der Waals surface area contributed by atoms with E-state index < -0.39 is 0 Å². The van der Waals surface area contributed by atoms with E-state index in [1.807, 2.05) is 24.3 Å². The van der Waals surface area contributed by atoms with Crippen molar-refractivity contribution in [3.8, 4) is 22.9 Å². The quantitative estimate of drug-likeness (QED) is 0.440. The third kappa shape index (κ3) is 4.98. The Labute approximate surface area is 156 Å². The number of halogens is 1. The molecule has 136 valence electrons. The summed E-state index contributed by atoms with van der Waals surface area (Å²) in [7, 11) is 0. The van der Waals surface area contributed by atoms with Crippen molar-refractivity contribution in [2.45, 2.75) is 18.5 Å². The van der Waals surface area contributed by atoms with E-state index in [0.29, 0.717) is 35.5 Å². The van der Waals surface area contributed by atoms with Crippen molar-refractivity contribution in [1.29, 1.82) is 0 Å². The van der Waals surface area contributed by atoms with Crippen LogP contribution in [-0.4, -0.2) is 34.1 Å². The summed E-state index contributed by atoms with van der Waals surface area (Å²) in [5.41, 5.74) is 0.411. The van der Waals surface area contributed by atoms with Gasteiger partial charge in [-0.25, -0.2) is 9.37 Å². The molecule has 0 atom stereocenters. The Hall–Kier alpha value is -2.54. The number of aromatic amines is 1. The second-order valence-corrected chi connectivity index (χ2v) is 6.53. The van der Waals surface area contributed by atoms with Crippen molar-refractivity contribution >= 4 is 11.8 Å². The number of benzene rings is 2. The molecule has 0 spiro atoms. The van der Waals surface area contributed by atoms with Crippen LogP contribution >= 0.6 is 11.8 Å². The molecule has 0 fully saturated rings. The molecule has 1 aromatic heterocycles. The van der Waals surface area contributed by atoms with Gasteiger partial charge in [-0.05, 0) is 42.8 Å². The molecule has 0 aliphatic carbocycles. The number of H-pyrrole nitrogens is 1. The molecule has 2 aromatic carbocycles. The zero-order valence-electron chi connectivity index (χ0n) is 14.4. The topological polar surface area (TPSA) is 60.0 Å². The number of hydrogen-bond donors (Lipinski definition) is 1. The lowest BCUT2D eigenvalue weighted by atomic mass is 10.2. The van der Waals surface area contributed by atoms with Crippen molar-refractivity contribution < 1.29 is 13.9 Å². The summed E-state index contributed by atoms with van der Waals surface area (Å²) < 4.78 is 25.0. The highest BCUT2D eigenvalue weighted by atomic mass is 32.2. The molecule has 0 aliphatic heterocycles. The average molecular weight is 373 g/mol. The molecule has 1 N–H and O–H groups in total. The summed E-state index contributed by atoms with van der Waals surface area (Å²) in [5.74, 6) is 2.42. The summed E-state index contributed by atoms with van der Waals surface area (Å²) in [6, 6.07) is 14.0. The summed E-state index contributed by atoms with van der Waals surface area (Å²) in [4.78, 5) is 4.31. The van der Waals surface area contributed by atoms with Crippen LogP contribution in [-0.2, 0) is 0 Å². The van der Waals surface area contributed by atoms with E-state index in [2.05, 4.69) is 22.1 Å². The van der Waals surface area contributed by atoms with Gasteiger partial charge in [-0.1, -0.05) is 30.8 Å². The molecule has 0 amide bonds. The molecule has 0 radical (unpaired) electrons. The Bertz CT molecular complexity index is 824. The van der Waals surface area contributed by atoms with Crippen LogP contribution in [0.15, 0.2) is 53.7 Å². The fraction of sp³-hybridized carbons (Fsp3) is 0.263. The average Bonchev–Trinajstić information content (AvgIpc) is 3.13. The van der Waals surface area contributed by atoms with Gasteiger partial charge in [0.2, 0.25) is 5.16 Å². The van der Waals surface area contributed by atoms with Gasteiger partial charge in [0.25, 0.3) is 0 Å². The van der Waals surface area contributed by atoms with Gasteiger partial charge < -0.3 is 9.47 Å². The van der Waals surface area contributed by atoms with Crippen LogP contribution in [0.3, 0.4) is 0 Å². The Morgan fingerprint density at radius 3 is 2.38 bits per heavy atom. The maximum Gasteiger partial charge on any atom is 0.208 e. The zero-order valence-corrected chi connectivity index (χ0v) is 15.3. The molecule has 5 nitrogen and oxygen atoms in total. The maximum absolute atomic E-state index is 13.8. The number of ether oxygens (including phenoxy) is 2. The monoisotopic (exact) mass is 373 g/mol. The smallest absolute Gasteiger partial charge is 0.208 e. The normalized spacial score (nSPS) is 10.7. The van der Waals surface area contributed by atoms with Crippen molar-refractivity contribution in [3.05, 3.63) is 54.3 Å². The third-order valence-electron chi connectivity index (χ3n) is 3.47. The lowest BCUT2D eigenvalue weighted by Gasteiger charge is -2.07. The van der Waals surface area contributed by atoms with Crippen LogP contribution in [0.2, 0.25) is 0 Å². The Morgan fingerprint density at radius 1 is 1.00 bits per heavy atom. The minimum atomic E-state index is -0.324. The number of thioether (sulfide) groups is 1. The Balaban J connectivity index is 1.45. The number of nitrogens with zero attached hydrogens (tertiary/aromatic N) is 2. The van der Waals surface area contributed by atoms with Crippen LogP contribution in [0.4, 0.5) is 4.39 Å².